The predicted octanol–water partition coefficient (Wildman–Crippen LogP) is 1.04. The lowest BCUT2D eigenvalue weighted by molar-refractivity contribution is 0.0882. The molecule has 1 aliphatic heterocycles. The number of ether oxygens (including phenoxy) is 1. The Morgan fingerprint density at radius 2 is 1.77 bits per heavy atom. The smallest absolute Gasteiger partial charge is 0.255 e. The summed E-state index contributed by atoms with van der Waals surface area (Å²) in [4.78, 5) is 29.3. The van der Waals surface area contributed by atoms with E-state index in [2.05, 4.69) is 38.4 Å². The van der Waals surface area contributed by atoms with Crippen LogP contribution in [0.1, 0.15) is 46.4 Å². The lowest BCUT2D eigenvalue weighted by Crippen LogP contribution is -2.44. The molecule has 0 radical (unpaired) electrons. The molecule has 2 fully saturated rings. The first kappa shape index (κ1) is 23.2. The van der Waals surface area contributed by atoms with Crippen LogP contribution >= 0.6 is 0 Å². The van der Waals surface area contributed by atoms with E-state index in [1.165, 1.54) is 4.68 Å². The van der Waals surface area contributed by atoms with Crippen molar-refractivity contribution in [2.24, 2.45) is 12.8 Å². The normalized spacial score (nSPS) is 21.3. The van der Waals surface area contributed by atoms with Crippen LogP contribution in [0.4, 0.5) is 5.69 Å². The van der Waals surface area contributed by atoms with E-state index < -0.39 is 5.91 Å². The largest absolute Gasteiger partial charge is 0.473 e. The monoisotopic (exact) mass is 480 g/mol. The van der Waals surface area contributed by atoms with E-state index in [0.29, 0.717) is 5.56 Å². The van der Waals surface area contributed by atoms with Gasteiger partial charge >= 0.3 is 0 Å². The lowest BCUT2D eigenvalue weighted by Gasteiger charge is -2.33. The van der Waals surface area contributed by atoms with Gasteiger partial charge in [0.2, 0.25) is 5.88 Å². The highest BCUT2D eigenvalue weighted by Crippen LogP contribution is 2.26. The number of fused-ring (bicyclic) bond motifs is 1. The van der Waals surface area contributed by atoms with Gasteiger partial charge in [0.05, 0.1) is 29.2 Å². The molecule has 3 aromatic heterocycles. The van der Waals surface area contributed by atoms with Gasteiger partial charge in [0, 0.05) is 45.5 Å². The molecule has 35 heavy (non-hydrogen) atoms. The highest BCUT2D eigenvalue weighted by atomic mass is 16.5. The molecule has 1 saturated carbocycles. The molecule has 4 heterocycles. The summed E-state index contributed by atoms with van der Waals surface area (Å²) in [7, 11) is 3.86. The standard InChI is InChI=1S/C24H32N8O3/c1-29-9-11-31(12-10-29)17-5-8-21-19(13-26-32(21)14-17)23(34)27-16-3-6-18(7-4-16)35-24-20(22(25)33)15-30(2)28-24/h5,8,13-16,18H,3-4,6-7,9-12H2,1-2H3,(H2,25,33)(H,27,34). The number of aromatic nitrogens is 4. The van der Waals surface area contributed by atoms with E-state index in [0.717, 1.165) is 63.1 Å². The van der Waals surface area contributed by atoms with Crippen LogP contribution in [0.2, 0.25) is 0 Å². The number of piperazine rings is 1. The van der Waals surface area contributed by atoms with Crippen molar-refractivity contribution in [3.8, 4) is 5.88 Å². The number of hydrogen-bond acceptors (Lipinski definition) is 7. The fraction of sp³-hybridized carbons (Fsp3) is 0.500. The Morgan fingerprint density at radius 3 is 2.49 bits per heavy atom. The molecule has 0 unspecified atom stereocenters. The fourth-order valence-corrected chi connectivity index (χ4v) is 4.87. The minimum Gasteiger partial charge on any atom is -0.473 e. The van der Waals surface area contributed by atoms with Gasteiger partial charge in [-0.2, -0.15) is 5.10 Å². The average molecular weight is 481 g/mol. The van der Waals surface area contributed by atoms with Gasteiger partial charge in [-0.15, -0.1) is 5.10 Å². The number of hydrogen-bond donors (Lipinski definition) is 2. The number of anilines is 1. The first-order valence-corrected chi connectivity index (χ1v) is 12.1. The molecule has 0 bridgehead atoms. The number of primary amides is 1. The van der Waals surface area contributed by atoms with Gasteiger partial charge in [-0.25, -0.2) is 4.52 Å². The lowest BCUT2D eigenvalue weighted by atomic mass is 9.92. The van der Waals surface area contributed by atoms with Crippen LogP contribution in [0.25, 0.3) is 5.52 Å². The van der Waals surface area contributed by atoms with Gasteiger partial charge in [-0.3, -0.25) is 14.3 Å². The first-order chi connectivity index (χ1) is 16.9. The second-order valence-electron chi connectivity index (χ2n) is 9.52. The summed E-state index contributed by atoms with van der Waals surface area (Å²) in [5.74, 6) is -0.398. The molecule has 11 heteroatoms. The molecule has 2 aliphatic rings. The Morgan fingerprint density at radius 1 is 1.03 bits per heavy atom. The highest BCUT2D eigenvalue weighted by Gasteiger charge is 2.27. The zero-order valence-corrected chi connectivity index (χ0v) is 20.2. The summed E-state index contributed by atoms with van der Waals surface area (Å²) in [5.41, 5.74) is 8.19. The van der Waals surface area contributed by atoms with E-state index >= 15 is 0 Å². The zero-order chi connectivity index (χ0) is 24.5. The molecule has 0 aromatic carbocycles. The summed E-state index contributed by atoms with van der Waals surface area (Å²) in [6, 6.07) is 4.10. The second-order valence-corrected chi connectivity index (χ2v) is 9.52. The summed E-state index contributed by atoms with van der Waals surface area (Å²) in [5, 5.41) is 11.8. The number of rotatable bonds is 6. The molecule has 0 atom stereocenters. The molecule has 3 aromatic rings. The Bertz CT molecular complexity index is 1220. The molecule has 3 N–H and O–H groups in total. The van der Waals surface area contributed by atoms with Gasteiger partial charge in [0.25, 0.3) is 11.8 Å². The van der Waals surface area contributed by atoms with Crippen molar-refractivity contribution in [2.45, 2.75) is 37.8 Å². The van der Waals surface area contributed by atoms with Crippen LogP contribution in [0.3, 0.4) is 0 Å². The SMILES string of the molecule is CN1CCN(c2ccc3c(C(=O)NC4CCC(Oc5nn(C)cc5C(N)=O)CC4)cnn3c2)CC1. The van der Waals surface area contributed by atoms with Crippen molar-refractivity contribution in [3.05, 3.63) is 41.9 Å². The van der Waals surface area contributed by atoms with E-state index in [-0.39, 0.29) is 29.5 Å². The number of nitrogens with two attached hydrogens (primary N) is 1. The number of aryl methyl sites for hydroxylation is 1. The molecule has 1 saturated heterocycles. The van der Waals surface area contributed by atoms with Crippen molar-refractivity contribution in [2.75, 3.05) is 38.1 Å². The number of amides is 2. The third kappa shape index (κ3) is 4.95. The first-order valence-electron chi connectivity index (χ1n) is 12.1. The summed E-state index contributed by atoms with van der Waals surface area (Å²) >= 11 is 0. The minimum absolute atomic E-state index is 0.0567. The van der Waals surface area contributed by atoms with Crippen molar-refractivity contribution in [3.63, 3.8) is 0 Å². The number of carbonyl (C=O) groups is 2. The minimum atomic E-state index is -0.557. The molecule has 2 amide bonds. The zero-order valence-electron chi connectivity index (χ0n) is 20.2. The third-order valence-electron chi connectivity index (χ3n) is 6.96. The summed E-state index contributed by atoms with van der Waals surface area (Å²) in [6.45, 7) is 4.03. The maximum atomic E-state index is 13.0. The van der Waals surface area contributed by atoms with Crippen molar-refractivity contribution >= 4 is 23.0 Å². The third-order valence-corrected chi connectivity index (χ3v) is 6.96. The topological polar surface area (TPSA) is 123 Å². The van der Waals surface area contributed by atoms with Crippen LogP contribution in [-0.4, -0.2) is 81.5 Å². The van der Waals surface area contributed by atoms with Gasteiger partial charge in [-0.05, 0) is 44.9 Å². The van der Waals surface area contributed by atoms with E-state index in [1.807, 2.05) is 12.3 Å². The average Bonchev–Trinajstić information content (AvgIpc) is 3.43. The maximum Gasteiger partial charge on any atom is 0.255 e. The Kier molecular flexibility index (Phi) is 6.33. The van der Waals surface area contributed by atoms with Crippen LogP contribution in [0.5, 0.6) is 5.88 Å². The Balaban J connectivity index is 1.18. The van der Waals surface area contributed by atoms with Crippen LogP contribution in [-0.2, 0) is 7.05 Å². The van der Waals surface area contributed by atoms with Crippen molar-refractivity contribution in [1.29, 1.82) is 0 Å². The van der Waals surface area contributed by atoms with Crippen LogP contribution in [0.15, 0.2) is 30.7 Å². The number of carbonyl (C=O) groups excluding carboxylic acids is 2. The van der Waals surface area contributed by atoms with Crippen molar-refractivity contribution < 1.29 is 14.3 Å². The van der Waals surface area contributed by atoms with Crippen molar-refractivity contribution in [1.82, 2.24) is 29.6 Å². The van der Waals surface area contributed by atoms with Crippen LogP contribution in [0, 0.1) is 0 Å². The fourth-order valence-electron chi connectivity index (χ4n) is 4.87. The molecule has 0 spiro atoms. The molecule has 5 rings (SSSR count). The molecule has 11 nitrogen and oxygen atoms in total. The highest BCUT2D eigenvalue weighted by molar-refractivity contribution is 6.00. The molecule has 186 valence electrons. The van der Waals surface area contributed by atoms with Gasteiger partial charge in [-0.1, -0.05) is 0 Å². The van der Waals surface area contributed by atoms with Gasteiger partial charge < -0.3 is 25.6 Å². The molecular formula is C24H32N8O3. The number of likely N-dealkylation sites (N-methyl/N-ethyl adjacent to an activating group) is 1. The summed E-state index contributed by atoms with van der Waals surface area (Å²) in [6.07, 6.45) is 8.20. The number of nitrogens with one attached hydrogen (secondary N) is 1. The van der Waals surface area contributed by atoms with Crippen LogP contribution < -0.4 is 20.7 Å². The van der Waals surface area contributed by atoms with Gasteiger partial charge in [0.1, 0.15) is 11.7 Å². The van der Waals surface area contributed by atoms with Gasteiger partial charge in [0.15, 0.2) is 0 Å². The predicted molar refractivity (Wildman–Crippen MR) is 131 cm³/mol. The summed E-state index contributed by atoms with van der Waals surface area (Å²) < 4.78 is 9.26. The Hall–Kier alpha value is -3.60. The molecule has 1 aliphatic carbocycles. The molecular weight excluding hydrogens is 448 g/mol. The number of pyridine rings is 1. The van der Waals surface area contributed by atoms with E-state index in [1.54, 1.807) is 24.0 Å². The second kappa shape index (κ2) is 9.57. The van der Waals surface area contributed by atoms with E-state index in [4.69, 9.17) is 10.5 Å². The quantitative estimate of drug-likeness (QED) is 0.540. The van der Waals surface area contributed by atoms with E-state index in [9.17, 15) is 9.59 Å². The number of nitrogens with zero attached hydrogens (tertiary/aromatic N) is 6. The Labute approximate surface area is 203 Å². The maximum absolute atomic E-state index is 13.0.